The summed E-state index contributed by atoms with van der Waals surface area (Å²) in [4.78, 5) is 0. The molecule has 0 radical (unpaired) electrons. The van der Waals surface area contributed by atoms with Gasteiger partial charge in [-0.1, -0.05) is 78.1 Å². The molecule has 2 heteroatoms. The molecule has 0 aromatic heterocycles. The van der Waals surface area contributed by atoms with Crippen molar-refractivity contribution in [3.8, 4) is 0 Å². The molecule has 0 aliphatic heterocycles. The van der Waals surface area contributed by atoms with E-state index in [1.54, 1.807) is 12.3 Å². The van der Waals surface area contributed by atoms with Crippen LogP contribution in [0.3, 0.4) is 0 Å². The van der Waals surface area contributed by atoms with Crippen LogP contribution in [0.4, 0.5) is 0 Å². The standard InChI is InChI=1S/C17H38P2/c1-3-5-7-9-10-11-13-15-17-19-18-16-14-12-8-6-4-2/h18-19H,3-17H2,1-2H3/p+1. The second-order valence-corrected chi connectivity index (χ2v) is 10.2. The minimum atomic E-state index is 0.819. The first-order chi connectivity index (χ1) is 9.41. The van der Waals surface area contributed by atoms with Crippen LogP contribution in [-0.4, -0.2) is 12.3 Å². The fourth-order valence-corrected chi connectivity index (χ4v) is 6.22. The average Bonchev–Trinajstić information content (AvgIpc) is 2.43. The lowest BCUT2D eigenvalue weighted by Gasteiger charge is -2.00. The Morgan fingerprint density at radius 3 is 1.63 bits per heavy atom. The van der Waals surface area contributed by atoms with Crippen LogP contribution in [0, 0.1) is 0 Å². The second kappa shape index (κ2) is 18.9. The van der Waals surface area contributed by atoms with Gasteiger partial charge in [-0.25, -0.2) is 0 Å². The molecule has 0 saturated carbocycles. The maximum absolute atomic E-state index is 2.30. The van der Waals surface area contributed by atoms with Gasteiger partial charge in [0.15, 0.2) is 0 Å². The van der Waals surface area contributed by atoms with E-state index in [4.69, 9.17) is 0 Å². The summed E-state index contributed by atoms with van der Waals surface area (Å²) in [5, 5.41) is 0. The van der Waals surface area contributed by atoms with Gasteiger partial charge in [0.2, 0.25) is 0 Å². The van der Waals surface area contributed by atoms with Gasteiger partial charge in [-0.3, -0.25) is 0 Å². The van der Waals surface area contributed by atoms with Gasteiger partial charge in [0.05, 0.1) is 6.16 Å². The first-order valence-corrected chi connectivity index (χ1v) is 12.8. The van der Waals surface area contributed by atoms with Crippen molar-refractivity contribution in [2.75, 3.05) is 12.3 Å². The molecule has 0 rings (SSSR count). The van der Waals surface area contributed by atoms with E-state index in [1.165, 1.54) is 91.7 Å². The van der Waals surface area contributed by atoms with Crippen molar-refractivity contribution < 1.29 is 0 Å². The van der Waals surface area contributed by atoms with Crippen LogP contribution in [0.25, 0.3) is 0 Å². The second-order valence-electron chi connectivity index (χ2n) is 5.84. The van der Waals surface area contributed by atoms with Crippen LogP contribution in [-0.2, 0) is 0 Å². The van der Waals surface area contributed by atoms with E-state index in [1.807, 2.05) is 0 Å². The van der Waals surface area contributed by atoms with Crippen molar-refractivity contribution in [3.63, 3.8) is 0 Å². The Bertz CT molecular complexity index is 132. The highest BCUT2D eigenvalue weighted by Crippen LogP contribution is 2.38. The molecule has 0 N–H and O–H groups in total. The van der Waals surface area contributed by atoms with Gasteiger partial charge in [-0.2, -0.15) is 0 Å². The smallest absolute Gasteiger partial charge is 0.0569 e. The van der Waals surface area contributed by atoms with E-state index in [0.29, 0.717) is 0 Å². The molecule has 2 atom stereocenters. The molecule has 0 aliphatic carbocycles. The monoisotopic (exact) mass is 305 g/mol. The van der Waals surface area contributed by atoms with Gasteiger partial charge in [-0.05, 0) is 25.4 Å². The molecule has 116 valence electrons. The molecule has 0 saturated heterocycles. The lowest BCUT2D eigenvalue weighted by atomic mass is 10.1. The van der Waals surface area contributed by atoms with E-state index < -0.39 is 0 Å². The Labute approximate surface area is 126 Å². The van der Waals surface area contributed by atoms with Gasteiger partial charge >= 0.3 is 0 Å². The quantitative estimate of drug-likeness (QED) is 0.211. The fourth-order valence-electron chi connectivity index (χ4n) is 2.42. The van der Waals surface area contributed by atoms with Gasteiger partial charge < -0.3 is 0 Å². The summed E-state index contributed by atoms with van der Waals surface area (Å²) in [6, 6.07) is 0. The van der Waals surface area contributed by atoms with Crippen molar-refractivity contribution in [2.24, 2.45) is 0 Å². The maximum atomic E-state index is 2.30. The Hall–Kier alpha value is 0.860. The van der Waals surface area contributed by atoms with Crippen molar-refractivity contribution in [2.45, 2.75) is 97.3 Å². The van der Waals surface area contributed by atoms with Crippen LogP contribution in [0.1, 0.15) is 97.3 Å². The summed E-state index contributed by atoms with van der Waals surface area (Å²) in [6.07, 6.45) is 22.3. The Balaban J connectivity index is 2.88. The topological polar surface area (TPSA) is 0 Å². The van der Waals surface area contributed by atoms with Crippen LogP contribution in [0.2, 0.25) is 0 Å². The number of unbranched alkanes of at least 4 members (excludes halogenated alkanes) is 11. The third-order valence-corrected chi connectivity index (χ3v) is 8.00. The highest BCUT2D eigenvalue weighted by Gasteiger charge is 1.97. The van der Waals surface area contributed by atoms with Gasteiger partial charge in [0.1, 0.15) is 0 Å². The summed E-state index contributed by atoms with van der Waals surface area (Å²) in [6.45, 7) is 4.60. The highest BCUT2D eigenvalue weighted by molar-refractivity contribution is 8.11. The SMILES string of the molecule is CCCCCCCCCCP[PH2+]CCCCCCC. The largest absolute Gasteiger partial charge is 0.0654 e. The molecule has 2 unspecified atom stereocenters. The number of hydrogen-bond donors (Lipinski definition) is 0. The Morgan fingerprint density at radius 2 is 1.05 bits per heavy atom. The van der Waals surface area contributed by atoms with Crippen LogP contribution in [0.5, 0.6) is 0 Å². The minimum Gasteiger partial charge on any atom is -0.0654 e. The third kappa shape index (κ3) is 18.9. The third-order valence-electron chi connectivity index (χ3n) is 3.77. The molecule has 0 fully saturated rings. The normalized spacial score (nSPS) is 12.3. The molecular weight excluding hydrogens is 266 g/mol. The van der Waals surface area contributed by atoms with Gasteiger partial charge in [0, 0.05) is 16.5 Å². The lowest BCUT2D eigenvalue weighted by Crippen LogP contribution is -1.82. The summed E-state index contributed by atoms with van der Waals surface area (Å²) >= 11 is 0. The van der Waals surface area contributed by atoms with Crippen LogP contribution in [0.15, 0.2) is 0 Å². The van der Waals surface area contributed by atoms with Crippen LogP contribution < -0.4 is 0 Å². The summed E-state index contributed by atoms with van der Waals surface area (Å²) in [5.41, 5.74) is 0. The van der Waals surface area contributed by atoms with Crippen molar-refractivity contribution in [1.82, 2.24) is 0 Å². The molecule has 0 nitrogen and oxygen atoms in total. The van der Waals surface area contributed by atoms with Crippen LogP contribution >= 0.6 is 16.5 Å². The number of hydrogen-bond acceptors (Lipinski definition) is 0. The first kappa shape index (κ1) is 19.9. The predicted octanol–water partition coefficient (Wildman–Crippen LogP) is 7.10. The van der Waals surface area contributed by atoms with E-state index in [-0.39, 0.29) is 0 Å². The fraction of sp³-hybridized carbons (Fsp3) is 1.00. The molecular formula is C17H39P2+. The zero-order valence-electron chi connectivity index (χ0n) is 13.7. The molecule has 0 bridgehead atoms. The zero-order chi connectivity index (χ0) is 14.0. The minimum absolute atomic E-state index is 0.819. The van der Waals surface area contributed by atoms with E-state index in [9.17, 15) is 0 Å². The Morgan fingerprint density at radius 1 is 0.579 bits per heavy atom. The average molecular weight is 305 g/mol. The zero-order valence-corrected chi connectivity index (χ0v) is 15.8. The van der Waals surface area contributed by atoms with Crippen molar-refractivity contribution in [1.29, 1.82) is 0 Å². The molecule has 0 aromatic carbocycles. The summed E-state index contributed by atoms with van der Waals surface area (Å²) in [7, 11) is 2.16. The van der Waals surface area contributed by atoms with Gasteiger partial charge in [-0.15, -0.1) is 0 Å². The molecule has 0 amide bonds. The molecule has 0 aromatic rings. The summed E-state index contributed by atoms with van der Waals surface area (Å²) in [5.74, 6) is 0. The maximum Gasteiger partial charge on any atom is 0.0569 e. The van der Waals surface area contributed by atoms with Crippen molar-refractivity contribution in [3.05, 3.63) is 0 Å². The molecule has 0 aliphatic rings. The predicted molar refractivity (Wildman–Crippen MR) is 99.1 cm³/mol. The van der Waals surface area contributed by atoms with Crippen molar-refractivity contribution >= 4 is 16.5 Å². The van der Waals surface area contributed by atoms with E-state index in [2.05, 4.69) is 13.8 Å². The molecule has 0 spiro atoms. The lowest BCUT2D eigenvalue weighted by molar-refractivity contribution is 0.586. The van der Waals surface area contributed by atoms with E-state index in [0.717, 1.165) is 8.27 Å². The number of rotatable bonds is 16. The molecule has 0 heterocycles. The molecule has 19 heavy (non-hydrogen) atoms. The first-order valence-electron chi connectivity index (χ1n) is 8.96. The van der Waals surface area contributed by atoms with E-state index >= 15 is 0 Å². The highest BCUT2D eigenvalue weighted by atomic mass is 32.0. The Kier molecular flexibility index (Phi) is 19.7. The van der Waals surface area contributed by atoms with Gasteiger partial charge in [0.25, 0.3) is 0 Å². The summed E-state index contributed by atoms with van der Waals surface area (Å²) < 4.78 is 0.